The number of benzene rings is 1. The number of aryl methyl sites for hydroxylation is 1. The summed E-state index contributed by atoms with van der Waals surface area (Å²) in [6.45, 7) is 0. The second-order valence-corrected chi connectivity index (χ2v) is 3.32. The quantitative estimate of drug-likeness (QED) is 0.527. The van der Waals surface area contributed by atoms with Crippen LogP contribution in [0.4, 0.5) is 0 Å². The van der Waals surface area contributed by atoms with Crippen LogP contribution in [0.3, 0.4) is 0 Å². The number of hydrogen-bond acceptors (Lipinski definition) is 3. The lowest BCUT2D eigenvalue weighted by Gasteiger charge is -2.09. The number of fused-ring (bicyclic) bond motifs is 1. The van der Waals surface area contributed by atoms with Crippen molar-refractivity contribution in [2.45, 2.75) is 18.9 Å². The number of ether oxygens (including phenoxy) is 1. The lowest BCUT2D eigenvalue weighted by Crippen LogP contribution is -2.26. The molecular formula is C10H14N2O. The van der Waals surface area contributed by atoms with Crippen LogP contribution < -0.4 is 16.0 Å². The van der Waals surface area contributed by atoms with Gasteiger partial charge < -0.3 is 4.74 Å². The van der Waals surface area contributed by atoms with Crippen molar-refractivity contribution in [3.8, 4) is 5.75 Å². The van der Waals surface area contributed by atoms with E-state index in [1.807, 2.05) is 6.07 Å². The number of methoxy groups -OCH3 is 1. The molecule has 0 fully saturated rings. The van der Waals surface area contributed by atoms with Crippen molar-refractivity contribution >= 4 is 0 Å². The number of hydrazine groups is 1. The minimum Gasteiger partial charge on any atom is -0.497 e. The predicted molar refractivity (Wildman–Crippen MR) is 51.4 cm³/mol. The largest absolute Gasteiger partial charge is 0.497 e. The Morgan fingerprint density at radius 3 is 3.08 bits per heavy atom. The van der Waals surface area contributed by atoms with Gasteiger partial charge in [-0.15, -0.1) is 0 Å². The summed E-state index contributed by atoms with van der Waals surface area (Å²) in [6, 6.07) is 6.48. The van der Waals surface area contributed by atoms with Crippen LogP contribution in [-0.2, 0) is 6.42 Å². The van der Waals surface area contributed by atoms with Crippen molar-refractivity contribution in [3.63, 3.8) is 0 Å². The maximum atomic E-state index is 5.44. The fraction of sp³-hybridized carbons (Fsp3) is 0.400. The second-order valence-electron chi connectivity index (χ2n) is 3.32. The average Bonchev–Trinajstić information content (AvgIpc) is 2.59. The van der Waals surface area contributed by atoms with Gasteiger partial charge in [-0.25, -0.2) is 0 Å². The van der Waals surface area contributed by atoms with Crippen molar-refractivity contribution in [2.24, 2.45) is 5.84 Å². The molecule has 0 radical (unpaired) electrons. The van der Waals surface area contributed by atoms with E-state index in [4.69, 9.17) is 10.6 Å². The Hall–Kier alpha value is -1.06. The molecule has 13 heavy (non-hydrogen) atoms. The maximum Gasteiger partial charge on any atom is 0.119 e. The van der Waals surface area contributed by atoms with Crippen LogP contribution in [0.2, 0.25) is 0 Å². The van der Waals surface area contributed by atoms with E-state index < -0.39 is 0 Å². The predicted octanol–water partition coefficient (Wildman–Crippen LogP) is 1.15. The molecule has 3 nitrogen and oxygen atoms in total. The zero-order valence-corrected chi connectivity index (χ0v) is 7.71. The van der Waals surface area contributed by atoms with Gasteiger partial charge >= 0.3 is 0 Å². The van der Waals surface area contributed by atoms with Gasteiger partial charge in [0.05, 0.1) is 7.11 Å². The number of nitrogens with two attached hydrogens (primary N) is 1. The first-order chi connectivity index (χ1) is 6.35. The van der Waals surface area contributed by atoms with E-state index in [1.54, 1.807) is 7.11 Å². The summed E-state index contributed by atoms with van der Waals surface area (Å²) in [7, 11) is 1.69. The minimum atomic E-state index is 0.320. The van der Waals surface area contributed by atoms with Crippen molar-refractivity contribution < 1.29 is 4.74 Å². The highest BCUT2D eigenvalue weighted by molar-refractivity contribution is 5.40. The molecule has 0 spiro atoms. The molecule has 0 saturated heterocycles. The van der Waals surface area contributed by atoms with Crippen molar-refractivity contribution in [2.75, 3.05) is 7.11 Å². The third kappa shape index (κ3) is 1.41. The SMILES string of the molecule is COc1ccc2c(c1)CC[C@@H]2NN. The Morgan fingerprint density at radius 2 is 2.38 bits per heavy atom. The summed E-state index contributed by atoms with van der Waals surface area (Å²) in [5.41, 5.74) is 5.47. The molecule has 0 aliphatic heterocycles. The summed E-state index contributed by atoms with van der Waals surface area (Å²) in [5.74, 6) is 6.37. The topological polar surface area (TPSA) is 47.3 Å². The standard InChI is InChI=1S/C10H14N2O/c1-13-8-3-4-9-7(6-8)2-5-10(9)12-11/h3-4,6,10,12H,2,5,11H2,1H3/t10-/m0/s1. The molecule has 3 heteroatoms. The summed E-state index contributed by atoms with van der Waals surface area (Å²) >= 11 is 0. The van der Waals surface area contributed by atoms with Crippen molar-refractivity contribution in [3.05, 3.63) is 29.3 Å². The second kappa shape index (κ2) is 3.36. The molecule has 1 aromatic carbocycles. The Morgan fingerprint density at radius 1 is 1.54 bits per heavy atom. The van der Waals surface area contributed by atoms with Crippen LogP contribution >= 0.6 is 0 Å². The van der Waals surface area contributed by atoms with Gasteiger partial charge in [-0.1, -0.05) is 6.07 Å². The highest BCUT2D eigenvalue weighted by Crippen LogP contribution is 2.32. The smallest absolute Gasteiger partial charge is 0.119 e. The van der Waals surface area contributed by atoms with Crippen LogP contribution in [-0.4, -0.2) is 7.11 Å². The zero-order chi connectivity index (χ0) is 9.26. The van der Waals surface area contributed by atoms with Gasteiger partial charge in [-0.2, -0.15) is 0 Å². The van der Waals surface area contributed by atoms with E-state index in [0.717, 1.165) is 18.6 Å². The molecule has 3 N–H and O–H groups in total. The number of rotatable bonds is 2. The van der Waals surface area contributed by atoms with Gasteiger partial charge in [-0.05, 0) is 36.1 Å². The van der Waals surface area contributed by atoms with E-state index in [0.29, 0.717) is 6.04 Å². The molecule has 0 saturated carbocycles. The third-order valence-corrected chi connectivity index (χ3v) is 2.63. The highest BCUT2D eigenvalue weighted by Gasteiger charge is 2.21. The Kier molecular flexibility index (Phi) is 2.20. The average molecular weight is 178 g/mol. The van der Waals surface area contributed by atoms with Crippen LogP contribution in [0, 0.1) is 0 Å². The first-order valence-corrected chi connectivity index (χ1v) is 4.48. The molecule has 1 aliphatic rings. The molecule has 0 amide bonds. The Labute approximate surface area is 77.9 Å². The first kappa shape index (κ1) is 8.53. The summed E-state index contributed by atoms with van der Waals surface area (Å²) in [5, 5.41) is 0. The molecule has 1 aliphatic carbocycles. The molecule has 2 rings (SSSR count). The molecule has 0 bridgehead atoms. The summed E-state index contributed by atoms with van der Waals surface area (Å²) in [6.07, 6.45) is 2.17. The number of nitrogens with one attached hydrogen (secondary N) is 1. The zero-order valence-electron chi connectivity index (χ0n) is 7.71. The van der Waals surface area contributed by atoms with Crippen LogP contribution in [0.1, 0.15) is 23.6 Å². The number of hydrogen-bond donors (Lipinski definition) is 2. The summed E-state index contributed by atoms with van der Waals surface area (Å²) in [4.78, 5) is 0. The van der Waals surface area contributed by atoms with E-state index in [-0.39, 0.29) is 0 Å². The molecule has 70 valence electrons. The molecule has 0 aromatic heterocycles. The summed E-state index contributed by atoms with van der Waals surface area (Å²) < 4.78 is 5.16. The first-order valence-electron chi connectivity index (χ1n) is 4.48. The van der Waals surface area contributed by atoms with E-state index >= 15 is 0 Å². The molecule has 0 unspecified atom stereocenters. The fourth-order valence-electron chi connectivity index (χ4n) is 1.89. The van der Waals surface area contributed by atoms with Crippen LogP contribution in [0.25, 0.3) is 0 Å². The van der Waals surface area contributed by atoms with Crippen molar-refractivity contribution in [1.82, 2.24) is 5.43 Å². The van der Waals surface area contributed by atoms with E-state index in [9.17, 15) is 0 Å². The van der Waals surface area contributed by atoms with Crippen LogP contribution in [0.5, 0.6) is 5.75 Å². The van der Waals surface area contributed by atoms with E-state index in [2.05, 4.69) is 17.6 Å². The highest BCUT2D eigenvalue weighted by atomic mass is 16.5. The van der Waals surface area contributed by atoms with Gasteiger partial charge in [0.1, 0.15) is 5.75 Å². The Bertz CT molecular complexity index is 312. The Balaban J connectivity index is 2.34. The van der Waals surface area contributed by atoms with E-state index in [1.165, 1.54) is 11.1 Å². The maximum absolute atomic E-state index is 5.44. The minimum absolute atomic E-state index is 0.320. The van der Waals surface area contributed by atoms with Crippen molar-refractivity contribution in [1.29, 1.82) is 0 Å². The monoisotopic (exact) mass is 178 g/mol. The molecule has 0 heterocycles. The molecule has 1 aromatic rings. The van der Waals surface area contributed by atoms with Gasteiger partial charge in [0.15, 0.2) is 0 Å². The van der Waals surface area contributed by atoms with Gasteiger partial charge in [0, 0.05) is 6.04 Å². The lowest BCUT2D eigenvalue weighted by atomic mass is 10.1. The van der Waals surface area contributed by atoms with Gasteiger partial charge in [0.2, 0.25) is 0 Å². The normalized spacial score (nSPS) is 20.0. The van der Waals surface area contributed by atoms with Crippen LogP contribution in [0.15, 0.2) is 18.2 Å². The lowest BCUT2D eigenvalue weighted by molar-refractivity contribution is 0.414. The van der Waals surface area contributed by atoms with Gasteiger partial charge in [-0.3, -0.25) is 11.3 Å². The third-order valence-electron chi connectivity index (χ3n) is 2.63. The van der Waals surface area contributed by atoms with Gasteiger partial charge in [0.25, 0.3) is 0 Å². The molecular weight excluding hydrogens is 164 g/mol. The fourth-order valence-corrected chi connectivity index (χ4v) is 1.89. The molecule has 1 atom stereocenters.